The number of halogens is 1. The van der Waals surface area contributed by atoms with Crippen molar-refractivity contribution in [3.05, 3.63) is 0 Å². The van der Waals surface area contributed by atoms with Gasteiger partial charge in [0.05, 0.1) is 5.60 Å². The standard InChI is InChI=1S/C18H31BrOS/c1-13-4-5-15(16(19)10-13)17(2,3)14-6-8-20-18(11-14)7-9-21-12-18/h13-16H,4-12H2,1-3H3. The summed E-state index contributed by atoms with van der Waals surface area (Å²) in [5, 5.41) is 0. The van der Waals surface area contributed by atoms with Crippen molar-refractivity contribution in [2.45, 2.75) is 69.7 Å². The molecule has 2 aliphatic heterocycles. The predicted molar refractivity (Wildman–Crippen MR) is 96.4 cm³/mol. The fraction of sp³-hybridized carbons (Fsp3) is 1.00. The number of hydrogen-bond donors (Lipinski definition) is 0. The summed E-state index contributed by atoms with van der Waals surface area (Å²) in [5.41, 5.74) is 0.674. The van der Waals surface area contributed by atoms with E-state index in [1.54, 1.807) is 0 Å². The van der Waals surface area contributed by atoms with Crippen LogP contribution in [0.15, 0.2) is 0 Å². The number of ether oxygens (including phenoxy) is 1. The van der Waals surface area contributed by atoms with Crippen molar-refractivity contribution < 1.29 is 4.74 Å². The van der Waals surface area contributed by atoms with Crippen LogP contribution in [0.5, 0.6) is 0 Å². The molecule has 0 aromatic carbocycles. The summed E-state index contributed by atoms with van der Waals surface area (Å²) >= 11 is 6.13. The Balaban J connectivity index is 1.71. The van der Waals surface area contributed by atoms with E-state index >= 15 is 0 Å². The van der Waals surface area contributed by atoms with Crippen LogP contribution in [0.1, 0.15) is 59.3 Å². The summed E-state index contributed by atoms with van der Waals surface area (Å²) in [6.07, 6.45) is 8.04. The van der Waals surface area contributed by atoms with Crippen LogP contribution in [0.3, 0.4) is 0 Å². The van der Waals surface area contributed by atoms with E-state index in [4.69, 9.17) is 4.74 Å². The SMILES string of the molecule is CC1CCC(C(C)(C)C2CCOC3(CCSC3)C2)C(Br)C1. The molecule has 3 aliphatic rings. The zero-order valence-corrected chi connectivity index (χ0v) is 16.3. The van der Waals surface area contributed by atoms with Crippen molar-refractivity contribution >= 4 is 27.7 Å². The van der Waals surface area contributed by atoms with Gasteiger partial charge in [-0.3, -0.25) is 0 Å². The fourth-order valence-electron chi connectivity index (χ4n) is 4.98. The van der Waals surface area contributed by atoms with Crippen molar-refractivity contribution in [1.29, 1.82) is 0 Å². The van der Waals surface area contributed by atoms with Crippen molar-refractivity contribution in [3.8, 4) is 0 Å². The Hall–Kier alpha value is 0.790. The van der Waals surface area contributed by atoms with Gasteiger partial charge >= 0.3 is 0 Å². The molecule has 0 aromatic heterocycles. The highest BCUT2D eigenvalue weighted by molar-refractivity contribution is 9.09. The van der Waals surface area contributed by atoms with Gasteiger partial charge in [-0.05, 0) is 61.0 Å². The van der Waals surface area contributed by atoms with Gasteiger partial charge in [-0.25, -0.2) is 0 Å². The molecule has 2 heterocycles. The van der Waals surface area contributed by atoms with Crippen LogP contribution in [0.2, 0.25) is 0 Å². The molecule has 0 N–H and O–H groups in total. The minimum absolute atomic E-state index is 0.231. The molecule has 0 bridgehead atoms. The molecule has 122 valence electrons. The quantitative estimate of drug-likeness (QED) is 0.588. The van der Waals surface area contributed by atoms with Gasteiger partial charge in [0, 0.05) is 17.2 Å². The Kier molecular flexibility index (Phi) is 5.04. The summed E-state index contributed by atoms with van der Waals surface area (Å²) in [6.45, 7) is 8.50. The highest BCUT2D eigenvalue weighted by atomic mass is 79.9. The molecule has 5 atom stereocenters. The van der Waals surface area contributed by atoms with Crippen LogP contribution in [0, 0.1) is 23.2 Å². The van der Waals surface area contributed by atoms with Crippen LogP contribution in [-0.2, 0) is 4.74 Å². The van der Waals surface area contributed by atoms with Crippen molar-refractivity contribution in [2.75, 3.05) is 18.1 Å². The molecule has 0 amide bonds. The molecular weight excluding hydrogens is 344 g/mol. The highest BCUT2D eigenvalue weighted by Gasteiger charge is 2.48. The Morgan fingerprint density at radius 2 is 2.05 bits per heavy atom. The molecule has 2 saturated heterocycles. The lowest BCUT2D eigenvalue weighted by atomic mass is 9.60. The van der Waals surface area contributed by atoms with Gasteiger partial charge in [0.1, 0.15) is 0 Å². The lowest BCUT2D eigenvalue weighted by molar-refractivity contribution is -0.111. The second-order valence-corrected chi connectivity index (χ2v) is 10.7. The molecule has 0 radical (unpaired) electrons. The minimum Gasteiger partial charge on any atom is -0.374 e. The average molecular weight is 375 g/mol. The van der Waals surface area contributed by atoms with Gasteiger partial charge in [-0.1, -0.05) is 43.1 Å². The summed E-state index contributed by atoms with van der Waals surface area (Å²) < 4.78 is 6.25. The molecule has 3 heteroatoms. The van der Waals surface area contributed by atoms with E-state index < -0.39 is 0 Å². The van der Waals surface area contributed by atoms with Crippen LogP contribution in [-0.4, -0.2) is 28.5 Å². The Labute approximate surface area is 143 Å². The van der Waals surface area contributed by atoms with E-state index in [9.17, 15) is 0 Å². The van der Waals surface area contributed by atoms with E-state index in [0.717, 1.165) is 24.4 Å². The van der Waals surface area contributed by atoms with Crippen LogP contribution in [0.25, 0.3) is 0 Å². The highest BCUT2D eigenvalue weighted by Crippen LogP contribution is 2.53. The summed E-state index contributed by atoms with van der Waals surface area (Å²) in [5.74, 6) is 5.11. The number of rotatable bonds is 2. The molecule has 1 nitrogen and oxygen atoms in total. The number of alkyl halides is 1. The second-order valence-electron chi connectivity index (χ2n) is 8.39. The monoisotopic (exact) mass is 374 g/mol. The number of thioether (sulfide) groups is 1. The third-order valence-corrected chi connectivity index (χ3v) is 8.84. The fourth-order valence-corrected chi connectivity index (χ4v) is 7.94. The van der Waals surface area contributed by atoms with Gasteiger partial charge in [0.25, 0.3) is 0 Å². The maximum absolute atomic E-state index is 6.25. The zero-order chi connectivity index (χ0) is 15.1. The van der Waals surface area contributed by atoms with Crippen LogP contribution >= 0.6 is 27.7 Å². The second kappa shape index (κ2) is 6.36. The van der Waals surface area contributed by atoms with Gasteiger partial charge in [0.15, 0.2) is 0 Å². The van der Waals surface area contributed by atoms with Crippen molar-refractivity contribution in [3.63, 3.8) is 0 Å². The first kappa shape index (κ1) is 16.6. The molecule has 21 heavy (non-hydrogen) atoms. The lowest BCUT2D eigenvalue weighted by Gasteiger charge is -2.50. The molecule has 1 spiro atoms. The van der Waals surface area contributed by atoms with E-state index in [2.05, 4.69) is 48.5 Å². The maximum atomic E-state index is 6.25. The van der Waals surface area contributed by atoms with Crippen LogP contribution < -0.4 is 0 Å². The average Bonchev–Trinajstić information content (AvgIpc) is 2.86. The Morgan fingerprint density at radius 3 is 2.71 bits per heavy atom. The first-order valence-corrected chi connectivity index (χ1v) is 10.9. The van der Waals surface area contributed by atoms with Crippen molar-refractivity contribution in [1.82, 2.24) is 0 Å². The Morgan fingerprint density at radius 1 is 1.24 bits per heavy atom. The molecule has 0 aromatic rings. The summed E-state index contributed by atoms with van der Waals surface area (Å²) in [7, 11) is 0. The lowest BCUT2D eigenvalue weighted by Crippen LogP contribution is -2.48. The normalized spacial score (nSPS) is 45.1. The topological polar surface area (TPSA) is 9.23 Å². The third-order valence-electron chi connectivity index (χ3n) is 6.60. The molecule has 1 saturated carbocycles. The zero-order valence-electron chi connectivity index (χ0n) is 13.9. The summed E-state index contributed by atoms with van der Waals surface area (Å²) in [6, 6.07) is 0. The third kappa shape index (κ3) is 3.35. The largest absolute Gasteiger partial charge is 0.374 e. The van der Waals surface area contributed by atoms with Gasteiger partial charge in [0.2, 0.25) is 0 Å². The van der Waals surface area contributed by atoms with Gasteiger partial charge < -0.3 is 4.74 Å². The predicted octanol–water partition coefficient (Wildman–Crippen LogP) is 5.51. The summed E-state index contributed by atoms with van der Waals surface area (Å²) in [4.78, 5) is 0.716. The smallest absolute Gasteiger partial charge is 0.0783 e. The van der Waals surface area contributed by atoms with E-state index in [-0.39, 0.29) is 5.60 Å². The molecular formula is C18H31BrOS. The van der Waals surface area contributed by atoms with Gasteiger partial charge in [-0.2, -0.15) is 11.8 Å². The maximum Gasteiger partial charge on any atom is 0.0783 e. The molecule has 1 aliphatic carbocycles. The van der Waals surface area contributed by atoms with Gasteiger partial charge in [-0.15, -0.1) is 0 Å². The molecule has 3 rings (SSSR count). The molecule has 5 unspecified atom stereocenters. The van der Waals surface area contributed by atoms with E-state index in [0.29, 0.717) is 10.2 Å². The minimum atomic E-state index is 0.231. The van der Waals surface area contributed by atoms with Crippen LogP contribution in [0.4, 0.5) is 0 Å². The first-order chi connectivity index (χ1) is 9.93. The Bertz CT molecular complexity index is 364. The molecule has 3 fully saturated rings. The first-order valence-electron chi connectivity index (χ1n) is 8.79. The van der Waals surface area contributed by atoms with E-state index in [1.165, 1.54) is 50.0 Å². The van der Waals surface area contributed by atoms with E-state index in [1.807, 2.05) is 0 Å². The number of hydrogen-bond acceptors (Lipinski definition) is 2. The van der Waals surface area contributed by atoms with Crippen molar-refractivity contribution in [2.24, 2.45) is 23.2 Å².